The molecule has 1 unspecified atom stereocenters. The minimum atomic E-state index is -0.544. The van der Waals surface area contributed by atoms with E-state index in [-0.39, 0.29) is 68.8 Å². The number of ether oxygens (including phenoxy) is 4. The molecule has 1 amide bonds. The highest BCUT2D eigenvalue weighted by atomic mass is 32.2. The van der Waals surface area contributed by atoms with Crippen molar-refractivity contribution in [2.24, 2.45) is 0 Å². The van der Waals surface area contributed by atoms with E-state index >= 15 is 0 Å². The zero-order valence-corrected chi connectivity index (χ0v) is 52.2. The predicted octanol–water partition coefficient (Wildman–Crippen LogP) is 16.5. The summed E-state index contributed by atoms with van der Waals surface area (Å²) in [6, 6.07) is 0. The fourth-order valence-corrected chi connectivity index (χ4v) is 10.8. The molecular formula is C63H117N3O9S2. The minimum absolute atomic E-state index is 0.0548. The second-order valence-electron chi connectivity index (χ2n) is 21.5. The molecule has 77 heavy (non-hydrogen) atoms. The standard InChI is InChI=1S/C63H117N3O9S2/c1-8-13-18-22-27-33-40-48-72-59(67)52-65(53-61(69)74-58(45-37-30-24-20-15-10-3)46-38-31-25-21-16-11-4)56-76-50-42-35-29-26-32-39-44-57(43-36-17-12-5)75-62(70)55-66(63(71)77-51-47-64(6)7)54-60(68)73-49-41-34-28-23-19-14-9-2/h33-34,40-41,57-58H,8-32,35-39,42-56H2,1-7H3/b40-33-,41-34-. The van der Waals surface area contributed by atoms with Crippen LogP contribution in [0.2, 0.25) is 0 Å². The van der Waals surface area contributed by atoms with Gasteiger partial charge < -0.3 is 28.7 Å². The first-order valence-corrected chi connectivity index (χ1v) is 33.5. The van der Waals surface area contributed by atoms with Gasteiger partial charge in [0.1, 0.15) is 38.5 Å². The van der Waals surface area contributed by atoms with Crippen LogP contribution in [0.1, 0.15) is 259 Å². The minimum Gasteiger partial charge on any atom is -0.461 e. The average molecular weight is 1120 g/mol. The molecule has 0 saturated carbocycles. The first-order valence-electron chi connectivity index (χ1n) is 31.4. The van der Waals surface area contributed by atoms with Gasteiger partial charge in [0.25, 0.3) is 5.24 Å². The number of allylic oxidation sites excluding steroid dienone is 2. The van der Waals surface area contributed by atoms with E-state index in [0.29, 0.717) is 18.2 Å². The van der Waals surface area contributed by atoms with Crippen LogP contribution >= 0.6 is 23.5 Å². The molecule has 450 valence electrons. The van der Waals surface area contributed by atoms with Gasteiger partial charge in [-0.3, -0.25) is 28.9 Å². The molecule has 14 heteroatoms. The van der Waals surface area contributed by atoms with Crippen molar-refractivity contribution in [3.05, 3.63) is 24.3 Å². The molecule has 0 aromatic carbocycles. The van der Waals surface area contributed by atoms with Crippen LogP contribution in [0.3, 0.4) is 0 Å². The van der Waals surface area contributed by atoms with Crippen molar-refractivity contribution >= 4 is 52.6 Å². The van der Waals surface area contributed by atoms with Crippen LogP contribution < -0.4 is 0 Å². The Balaban J connectivity index is 5.29. The Morgan fingerprint density at radius 3 is 1.25 bits per heavy atom. The average Bonchev–Trinajstić information content (AvgIpc) is 3.39. The van der Waals surface area contributed by atoms with Gasteiger partial charge >= 0.3 is 23.9 Å². The van der Waals surface area contributed by atoms with Gasteiger partial charge in [0.15, 0.2) is 0 Å². The summed E-state index contributed by atoms with van der Waals surface area (Å²) in [6.45, 7) is 11.6. The van der Waals surface area contributed by atoms with Gasteiger partial charge in [-0.15, -0.1) is 11.8 Å². The molecule has 0 N–H and O–H groups in total. The van der Waals surface area contributed by atoms with Crippen molar-refractivity contribution in [1.29, 1.82) is 0 Å². The molecule has 12 nitrogen and oxygen atoms in total. The van der Waals surface area contributed by atoms with Gasteiger partial charge in [-0.1, -0.05) is 212 Å². The van der Waals surface area contributed by atoms with E-state index in [1.165, 1.54) is 108 Å². The lowest BCUT2D eigenvalue weighted by atomic mass is 10.0. The highest BCUT2D eigenvalue weighted by Crippen LogP contribution is 2.20. The van der Waals surface area contributed by atoms with Crippen LogP contribution in [0, 0.1) is 0 Å². The summed E-state index contributed by atoms with van der Waals surface area (Å²) in [4.78, 5) is 71.3. The van der Waals surface area contributed by atoms with E-state index in [4.69, 9.17) is 18.9 Å². The summed E-state index contributed by atoms with van der Waals surface area (Å²) in [6.07, 6.45) is 46.2. The Hall–Kier alpha value is -2.55. The molecule has 1 atom stereocenters. The normalized spacial score (nSPS) is 12.1. The van der Waals surface area contributed by atoms with Gasteiger partial charge in [0, 0.05) is 18.2 Å². The first-order chi connectivity index (χ1) is 37.5. The largest absolute Gasteiger partial charge is 0.461 e. The number of esters is 4. The molecule has 0 aliphatic rings. The maximum Gasteiger partial charge on any atom is 0.326 e. The number of nitrogens with zero attached hydrogens (tertiary/aromatic N) is 3. The van der Waals surface area contributed by atoms with Crippen molar-refractivity contribution in [3.8, 4) is 0 Å². The van der Waals surface area contributed by atoms with Crippen LogP contribution in [0.25, 0.3) is 0 Å². The van der Waals surface area contributed by atoms with E-state index in [1.54, 1.807) is 11.8 Å². The van der Waals surface area contributed by atoms with E-state index in [0.717, 1.165) is 140 Å². The number of thioether (sulfide) groups is 2. The number of hydrogen-bond donors (Lipinski definition) is 0. The molecule has 0 radical (unpaired) electrons. The third kappa shape index (κ3) is 51.4. The summed E-state index contributed by atoms with van der Waals surface area (Å²) in [5, 5.41) is -0.335. The molecule has 0 aliphatic carbocycles. The summed E-state index contributed by atoms with van der Waals surface area (Å²) >= 11 is 2.85. The fraction of sp³-hybridized carbons (Fsp3) is 0.857. The maximum atomic E-state index is 13.5. The van der Waals surface area contributed by atoms with Crippen molar-refractivity contribution in [3.63, 3.8) is 0 Å². The molecule has 0 bridgehead atoms. The molecule has 0 heterocycles. The van der Waals surface area contributed by atoms with Gasteiger partial charge in [-0.2, -0.15) is 0 Å². The monoisotopic (exact) mass is 1120 g/mol. The van der Waals surface area contributed by atoms with E-state index < -0.39 is 11.9 Å². The predicted molar refractivity (Wildman–Crippen MR) is 327 cm³/mol. The highest BCUT2D eigenvalue weighted by Gasteiger charge is 2.25. The van der Waals surface area contributed by atoms with Crippen molar-refractivity contribution in [1.82, 2.24) is 14.7 Å². The Labute approximate surface area is 481 Å². The quantitative estimate of drug-likeness (QED) is 0.0188. The Morgan fingerprint density at radius 1 is 0.416 bits per heavy atom. The van der Waals surface area contributed by atoms with Crippen molar-refractivity contribution in [2.75, 3.05) is 77.4 Å². The summed E-state index contributed by atoms with van der Waals surface area (Å²) in [5.41, 5.74) is 0. The van der Waals surface area contributed by atoms with Gasteiger partial charge in [-0.05, 0) is 103 Å². The van der Waals surface area contributed by atoms with Crippen LogP contribution in [0.4, 0.5) is 4.79 Å². The number of hydrogen-bond acceptors (Lipinski definition) is 13. The molecule has 0 saturated heterocycles. The van der Waals surface area contributed by atoms with Crippen molar-refractivity contribution < 1.29 is 42.9 Å². The topological polar surface area (TPSA) is 132 Å². The van der Waals surface area contributed by atoms with Gasteiger partial charge in [0.2, 0.25) is 0 Å². The molecule has 0 aromatic heterocycles. The number of rotatable bonds is 56. The lowest BCUT2D eigenvalue weighted by Crippen LogP contribution is -2.39. The highest BCUT2D eigenvalue weighted by molar-refractivity contribution is 8.13. The smallest absolute Gasteiger partial charge is 0.326 e. The van der Waals surface area contributed by atoms with E-state index in [2.05, 4.69) is 40.7 Å². The SMILES string of the molecule is CCCCCC/C=C\COC(=O)CN(CSCCCCCCCCC(CCCCC)OC(=O)CN(CC(=O)OC/C=C\CCCCCC)C(=O)SCCN(C)C)CC(=O)OC(CCCCCCCC)CCCCCCCC. The number of carbonyl (C=O) groups excluding carboxylic acids is 5. The molecule has 0 aliphatic heterocycles. The molecule has 0 fully saturated rings. The van der Waals surface area contributed by atoms with Crippen molar-refractivity contribution in [2.45, 2.75) is 272 Å². The Kier molecular flexibility index (Phi) is 54.8. The lowest BCUT2D eigenvalue weighted by Gasteiger charge is -2.23. The fourth-order valence-electron chi connectivity index (χ4n) is 8.91. The zero-order valence-electron chi connectivity index (χ0n) is 50.6. The van der Waals surface area contributed by atoms with Gasteiger partial charge in [-0.25, -0.2) is 0 Å². The molecular weight excluding hydrogens is 1010 g/mol. The molecule has 0 spiro atoms. The summed E-state index contributed by atoms with van der Waals surface area (Å²) in [5.74, 6) is 0.415. The second-order valence-corrected chi connectivity index (χ2v) is 23.7. The second kappa shape index (κ2) is 56.7. The molecule has 0 rings (SSSR count). The van der Waals surface area contributed by atoms with Crippen LogP contribution in [-0.2, 0) is 38.1 Å². The van der Waals surface area contributed by atoms with Gasteiger partial charge in [0.05, 0.1) is 13.1 Å². The van der Waals surface area contributed by atoms with E-state index in [1.807, 2.05) is 42.1 Å². The number of carbonyl (C=O) groups is 5. The molecule has 0 aromatic rings. The summed E-state index contributed by atoms with van der Waals surface area (Å²) < 4.78 is 23.2. The Morgan fingerprint density at radius 2 is 0.779 bits per heavy atom. The third-order valence-corrected chi connectivity index (χ3v) is 15.7. The van der Waals surface area contributed by atoms with E-state index in [9.17, 15) is 24.0 Å². The first kappa shape index (κ1) is 74.5. The maximum absolute atomic E-state index is 13.5. The van der Waals surface area contributed by atoms with Crippen LogP contribution in [-0.4, -0.2) is 133 Å². The zero-order chi connectivity index (χ0) is 56.7. The number of amides is 1. The number of unbranched alkanes of at least 4 members (excludes halogenated alkanes) is 25. The summed E-state index contributed by atoms with van der Waals surface area (Å²) in [7, 11) is 3.88. The van der Waals surface area contributed by atoms with Crippen LogP contribution in [0.5, 0.6) is 0 Å². The lowest BCUT2D eigenvalue weighted by molar-refractivity contribution is -0.153. The Bertz CT molecular complexity index is 1450. The third-order valence-electron chi connectivity index (χ3n) is 13.7. The van der Waals surface area contributed by atoms with Crippen LogP contribution in [0.15, 0.2) is 24.3 Å².